The maximum absolute atomic E-state index is 5.23. The van der Waals surface area contributed by atoms with Crippen molar-refractivity contribution in [2.45, 2.75) is 57.2 Å². The molecule has 12 heteroatoms. The van der Waals surface area contributed by atoms with Crippen molar-refractivity contribution in [2.75, 3.05) is 0 Å². The van der Waals surface area contributed by atoms with Gasteiger partial charge in [0.2, 0.25) is 0 Å². The van der Waals surface area contributed by atoms with Gasteiger partial charge in [0.1, 0.15) is 11.1 Å². The Morgan fingerprint density at radius 3 is 1.10 bits per heavy atom. The average molecular weight is 1130 g/mol. The van der Waals surface area contributed by atoms with Gasteiger partial charge in [0.05, 0.1) is 6.54 Å². The molecule has 12 nitrogen and oxygen atoms in total. The van der Waals surface area contributed by atoms with Gasteiger partial charge in [-0.15, -0.1) is 15.3 Å². The van der Waals surface area contributed by atoms with E-state index in [2.05, 4.69) is 276 Å². The minimum Gasteiger partial charge on any atom is -0.263 e. The molecule has 0 fully saturated rings. The van der Waals surface area contributed by atoms with Crippen LogP contribution in [0, 0.1) is 0 Å². The topological polar surface area (TPSA) is 122 Å². The Labute approximate surface area is 505 Å². The highest BCUT2D eigenvalue weighted by atomic mass is 15.6. The van der Waals surface area contributed by atoms with Crippen molar-refractivity contribution in [3.63, 3.8) is 0 Å². The minimum atomic E-state index is -0.891. The smallest absolute Gasteiger partial charge is 0.184 e. The van der Waals surface area contributed by atoms with E-state index in [1.165, 1.54) is 16.8 Å². The zero-order valence-electron chi connectivity index (χ0n) is 48.5. The quantitative estimate of drug-likeness (QED) is 0.0734. The summed E-state index contributed by atoms with van der Waals surface area (Å²) in [5.74, 6) is 2.16. The van der Waals surface area contributed by atoms with Crippen LogP contribution in [0.4, 0.5) is 0 Å². The summed E-state index contributed by atoms with van der Waals surface area (Å²) >= 11 is 0. The fourth-order valence-corrected chi connectivity index (χ4v) is 13.0. The van der Waals surface area contributed by atoms with Crippen molar-refractivity contribution < 1.29 is 0 Å². The Hall–Kier alpha value is -11.0. The van der Waals surface area contributed by atoms with Crippen molar-refractivity contribution in [2.24, 2.45) is 0 Å². The summed E-state index contributed by atoms with van der Waals surface area (Å²) in [7, 11) is 0. The third-order valence-corrected chi connectivity index (χ3v) is 16.9. The van der Waals surface area contributed by atoms with Crippen molar-refractivity contribution in [3.05, 3.63) is 341 Å². The molecule has 4 heterocycles. The lowest BCUT2D eigenvalue weighted by Crippen LogP contribution is -2.39. The third kappa shape index (κ3) is 9.61. The van der Waals surface area contributed by atoms with Crippen molar-refractivity contribution in [1.29, 1.82) is 0 Å². The molecule has 0 aliphatic carbocycles. The zero-order valence-corrected chi connectivity index (χ0v) is 48.5. The largest absolute Gasteiger partial charge is 0.263 e. The van der Waals surface area contributed by atoms with Gasteiger partial charge >= 0.3 is 0 Å². The third-order valence-electron chi connectivity index (χ3n) is 16.9. The first-order chi connectivity index (χ1) is 43.1. The van der Waals surface area contributed by atoms with Crippen molar-refractivity contribution in [3.8, 4) is 45.0 Å². The molecular weight excluding hydrogens is 1070 g/mol. The molecule has 87 heavy (non-hydrogen) atoms. The van der Waals surface area contributed by atoms with Crippen molar-refractivity contribution in [1.82, 2.24) is 59.8 Å². The first-order valence-corrected chi connectivity index (χ1v) is 29.8. The van der Waals surface area contributed by atoms with Crippen molar-refractivity contribution >= 4 is 5.65 Å². The molecule has 0 amide bonds. The molecule has 0 atom stereocenters. The normalized spacial score (nSPS) is 11.8. The van der Waals surface area contributed by atoms with Gasteiger partial charge in [-0.1, -0.05) is 293 Å². The number of aromatic nitrogens is 12. The molecule has 10 aromatic carbocycles. The Kier molecular flexibility index (Phi) is 14.6. The fraction of sp³-hybridized carbons (Fsp3) is 0.120. The summed E-state index contributed by atoms with van der Waals surface area (Å²) in [6.07, 6.45) is 3.23. The molecule has 0 aliphatic rings. The predicted octanol–water partition coefficient (Wildman–Crippen LogP) is 15.0. The monoisotopic (exact) mass is 1130 g/mol. The van der Waals surface area contributed by atoms with Gasteiger partial charge in [-0.25, -0.2) is 14.3 Å². The van der Waals surface area contributed by atoms with Crippen LogP contribution in [-0.2, 0) is 36.9 Å². The number of tetrazole rings is 2. The molecule has 0 saturated heterocycles. The number of benzene rings is 10. The maximum atomic E-state index is 5.23. The lowest BCUT2D eigenvalue weighted by atomic mass is 9.77. The zero-order chi connectivity index (χ0) is 58.6. The van der Waals surface area contributed by atoms with Crippen LogP contribution in [0.3, 0.4) is 0 Å². The predicted molar refractivity (Wildman–Crippen MR) is 343 cm³/mol. The van der Waals surface area contributed by atoms with Crippen LogP contribution < -0.4 is 0 Å². The first-order valence-electron chi connectivity index (χ1n) is 29.8. The van der Waals surface area contributed by atoms with Crippen LogP contribution in [0.25, 0.3) is 50.7 Å². The Morgan fingerprint density at radius 1 is 0.379 bits per heavy atom. The number of hydrogen-bond donors (Lipinski definition) is 0. The standard InChI is InChI=1S/C75H62N12/c1-3-27-70-76-71-68(52-54-44-48-56(49-45-54)64-40-23-25-42-66(64)72-77-80-82-85(72)74(58-28-11-5-12-29-58,59-30-13-6-14-31-59)60-32-15-7-16-33-60)69(4-2)84(87(71)79-70)53-55-46-50-57(51-47-55)65-41-24-26-43-67(65)73-78-81-83-86(73)75(61-34-17-8-18-35-61,62-36-19-9-20-37-62)63-38-21-10-22-39-63/h5-26,28-51H,3-4,27,52-53H2,1-2H3. The summed E-state index contributed by atoms with van der Waals surface area (Å²) < 4.78 is 8.38. The summed E-state index contributed by atoms with van der Waals surface area (Å²) in [6, 6.07) is 97.8. The van der Waals surface area contributed by atoms with Crippen LogP contribution in [0.2, 0.25) is 0 Å². The number of rotatable bonds is 19. The van der Waals surface area contributed by atoms with E-state index in [4.69, 9.17) is 30.7 Å². The molecule has 0 bridgehead atoms. The summed E-state index contributed by atoms with van der Waals surface area (Å²) in [5, 5.41) is 33.4. The molecule has 14 rings (SSSR count). The highest BCUT2D eigenvalue weighted by Crippen LogP contribution is 2.46. The van der Waals surface area contributed by atoms with Gasteiger partial charge in [-0.3, -0.25) is 4.68 Å². The SMILES string of the molecule is CCCc1nc2c(Cc3ccc(-c4ccccc4-c4nnnn4C(c4ccccc4)(c4ccccc4)c4ccccc4)cc3)c(CC)n(Cc3ccc(-c4ccccc4-c4nnnn4C(c4ccccc4)(c4ccccc4)c4ccccc4)cc3)n2n1. The highest BCUT2D eigenvalue weighted by molar-refractivity contribution is 5.82. The lowest BCUT2D eigenvalue weighted by molar-refractivity contribution is 0.451. The average Bonchev–Trinajstić information content (AvgIpc) is 1.81. The molecule has 0 aliphatic heterocycles. The first kappa shape index (κ1) is 54.0. The van der Waals surface area contributed by atoms with E-state index >= 15 is 0 Å². The highest BCUT2D eigenvalue weighted by Gasteiger charge is 2.44. The number of aryl methyl sites for hydroxylation is 1. The Balaban J connectivity index is 0.786. The van der Waals surface area contributed by atoms with Gasteiger partial charge < -0.3 is 0 Å². The van der Waals surface area contributed by atoms with E-state index in [1.807, 2.05) is 45.8 Å². The van der Waals surface area contributed by atoms with Crippen LogP contribution in [0.15, 0.2) is 279 Å². The maximum Gasteiger partial charge on any atom is 0.184 e. The molecule has 422 valence electrons. The van der Waals surface area contributed by atoms with Crippen LogP contribution in [0.5, 0.6) is 0 Å². The van der Waals surface area contributed by atoms with Crippen LogP contribution in [0.1, 0.15) is 81.9 Å². The van der Waals surface area contributed by atoms with Gasteiger partial charge in [-0.05, 0) is 100 Å². The van der Waals surface area contributed by atoms with Gasteiger partial charge in [-0.2, -0.15) is 4.63 Å². The molecule has 0 spiro atoms. The molecule has 14 aromatic rings. The van der Waals surface area contributed by atoms with E-state index < -0.39 is 11.1 Å². The Morgan fingerprint density at radius 2 is 0.736 bits per heavy atom. The van der Waals surface area contributed by atoms with Gasteiger partial charge in [0.15, 0.2) is 23.1 Å². The molecule has 0 saturated carbocycles. The summed E-state index contributed by atoms with van der Waals surface area (Å²) in [5.41, 5.74) is 16.1. The lowest BCUT2D eigenvalue weighted by Gasteiger charge is -2.36. The Bertz CT molecular complexity index is 4110. The van der Waals surface area contributed by atoms with E-state index in [0.717, 1.165) is 103 Å². The second kappa shape index (κ2) is 23.6. The van der Waals surface area contributed by atoms with Gasteiger partial charge in [0, 0.05) is 35.2 Å². The molecule has 0 unspecified atom stereocenters. The number of nitrogens with zero attached hydrogens (tertiary/aromatic N) is 12. The summed E-state index contributed by atoms with van der Waals surface area (Å²) in [6.45, 7) is 5.02. The van der Waals surface area contributed by atoms with E-state index in [0.29, 0.717) is 24.6 Å². The molecule has 4 aromatic heterocycles. The molecular formula is C75H62N12. The number of fused-ring (bicyclic) bond motifs is 1. The van der Waals surface area contributed by atoms with Crippen LogP contribution in [-0.4, -0.2) is 59.8 Å². The minimum absolute atomic E-state index is 0.609. The second-order valence-electron chi connectivity index (χ2n) is 21.9. The fourth-order valence-electron chi connectivity index (χ4n) is 13.0. The molecule has 0 N–H and O–H groups in total. The van der Waals surface area contributed by atoms with Crippen LogP contribution >= 0.6 is 0 Å². The summed E-state index contributed by atoms with van der Waals surface area (Å²) in [4.78, 5) is 5.23. The number of hydrogen-bond acceptors (Lipinski definition) is 8. The van der Waals surface area contributed by atoms with E-state index in [1.54, 1.807) is 0 Å². The molecule has 0 radical (unpaired) electrons. The van der Waals surface area contributed by atoms with Gasteiger partial charge in [0.25, 0.3) is 0 Å². The second-order valence-corrected chi connectivity index (χ2v) is 21.9. The van der Waals surface area contributed by atoms with E-state index in [9.17, 15) is 0 Å². The van der Waals surface area contributed by atoms with E-state index in [-0.39, 0.29) is 0 Å².